The molecule has 1 aliphatic heterocycles. The van der Waals surface area contributed by atoms with Crippen LogP contribution in [0.1, 0.15) is 33.1 Å². The van der Waals surface area contributed by atoms with Crippen LogP contribution >= 0.6 is 0 Å². The quantitative estimate of drug-likeness (QED) is 0.743. The predicted octanol–water partition coefficient (Wildman–Crippen LogP) is -0.0664. The summed E-state index contributed by atoms with van der Waals surface area (Å²) in [7, 11) is -3.23. The van der Waals surface area contributed by atoms with Crippen LogP contribution in [0.2, 0.25) is 0 Å². The molecule has 1 rings (SSSR count). The van der Waals surface area contributed by atoms with E-state index in [2.05, 4.69) is 5.32 Å². The fourth-order valence-corrected chi connectivity index (χ4v) is 3.30. The Hall–Kier alpha value is -0.660. The molecule has 0 aromatic heterocycles. The average Bonchev–Trinajstić information content (AvgIpc) is 2.26. The van der Waals surface area contributed by atoms with Crippen molar-refractivity contribution in [3.8, 4) is 0 Å². The van der Waals surface area contributed by atoms with Gasteiger partial charge in [0.05, 0.1) is 18.3 Å². The zero-order valence-electron chi connectivity index (χ0n) is 11.8. The number of carbonyl (C=O) groups is 1. The maximum Gasteiger partial charge on any atom is 0.224 e. The molecule has 0 aromatic rings. The lowest BCUT2D eigenvalue weighted by Crippen LogP contribution is -2.47. The summed E-state index contributed by atoms with van der Waals surface area (Å²) in [6.45, 7) is 4.26. The van der Waals surface area contributed by atoms with Crippen LogP contribution in [0, 0.1) is 5.92 Å². The topological polar surface area (TPSA) is 86.7 Å². The summed E-state index contributed by atoms with van der Waals surface area (Å²) in [4.78, 5) is 12.0. The van der Waals surface area contributed by atoms with Crippen LogP contribution in [0.5, 0.6) is 0 Å². The molecule has 1 fully saturated rings. The second-order valence-corrected chi connectivity index (χ2v) is 7.44. The van der Waals surface area contributed by atoms with Crippen LogP contribution in [0.4, 0.5) is 0 Å². The highest BCUT2D eigenvalue weighted by Crippen LogP contribution is 2.19. The van der Waals surface area contributed by atoms with E-state index in [1.54, 1.807) is 6.92 Å². The first-order valence-corrected chi connectivity index (χ1v) is 8.48. The molecule has 0 saturated carbocycles. The maximum absolute atomic E-state index is 12.0. The maximum atomic E-state index is 12.0. The lowest BCUT2D eigenvalue weighted by atomic mass is 9.98. The van der Waals surface area contributed by atoms with Gasteiger partial charge in [-0.05, 0) is 33.1 Å². The summed E-state index contributed by atoms with van der Waals surface area (Å²) in [5, 5.41) is 12.1. The highest BCUT2D eigenvalue weighted by atomic mass is 32.2. The summed E-state index contributed by atoms with van der Waals surface area (Å²) >= 11 is 0. The molecule has 1 heterocycles. The number of amides is 1. The number of carbonyl (C=O) groups excluding carboxylic acids is 1. The van der Waals surface area contributed by atoms with Gasteiger partial charge in [0.15, 0.2) is 0 Å². The molecule has 7 heteroatoms. The van der Waals surface area contributed by atoms with Gasteiger partial charge >= 0.3 is 0 Å². The van der Waals surface area contributed by atoms with Crippen molar-refractivity contribution in [2.24, 2.45) is 5.92 Å². The first-order valence-electron chi connectivity index (χ1n) is 6.63. The molecule has 1 aliphatic rings. The number of hydrogen-bond donors (Lipinski definition) is 2. The Kier molecular flexibility index (Phi) is 5.76. The lowest BCUT2D eigenvalue weighted by molar-refractivity contribution is -0.126. The Labute approximate surface area is 115 Å². The smallest absolute Gasteiger partial charge is 0.224 e. The van der Waals surface area contributed by atoms with Crippen LogP contribution in [0.15, 0.2) is 0 Å². The number of aliphatic hydroxyl groups excluding tert-OH is 1. The molecule has 3 atom stereocenters. The number of nitrogens with zero attached hydrogens (tertiary/aromatic N) is 1. The standard InChI is InChI=1S/C12H24N2O4S/c1-9(7-10(2)15)13-12(16)11-5-4-6-14(8-11)19(3,17)18/h9-11,15H,4-8H2,1-3H3,(H,13,16). The molecule has 0 bridgehead atoms. The highest BCUT2D eigenvalue weighted by Gasteiger charge is 2.30. The molecule has 19 heavy (non-hydrogen) atoms. The molecule has 1 saturated heterocycles. The zero-order chi connectivity index (χ0) is 14.6. The number of aliphatic hydroxyl groups is 1. The van der Waals surface area contributed by atoms with Crippen molar-refractivity contribution in [2.45, 2.75) is 45.3 Å². The van der Waals surface area contributed by atoms with Gasteiger partial charge in [-0.1, -0.05) is 0 Å². The van der Waals surface area contributed by atoms with Gasteiger partial charge in [-0.2, -0.15) is 0 Å². The first kappa shape index (κ1) is 16.4. The van der Waals surface area contributed by atoms with Gasteiger partial charge in [-0.15, -0.1) is 0 Å². The normalized spacial score (nSPS) is 24.7. The third kappa shape index (κ3) is 5.46. The van der Waals surface area contributed by atoms with E-state index in [0.29, 0.717) is 25.8 Å². The Morgan fingerprint density at radius 1 is 1.47 bits per heavy atom. The number of piperidine rings is 1. The molecule has 2 N–H and O–H groups in total. The van der Waals surface area contributed by atoms with Gasteiger partial charge in [0, 0.05) is 19.1 Å². The molecule has 0 spiro atoms. The number of sulfonamides is 1. The van der Waals surface area contributed by atoms with E-state index in [1.165, 1.54) is 10.6 Å². The molecule has 6 nitrogen and oxygen atoms in total. The minimum atomic E-state index is -3.23. The fourth-order valence-electron chi connectivity index (χ4n) is 2.39. The first-order chi connectivity index (χ1) is 8.70. The monoisotopic (exact) mass is 292 g/mol. The van der Waals surface area contributed by atoms with Gasteiger partial charge in [-0.3, -0.25) is 4.79 Å². The van der Waals surface area contributed by atoms with E-state index in [4.69, 9.17) is 0 Å². The van der Waals surface area contributed by atoms with Gasteiger partial charge in [0.25, 0.3) is 0 Å². The van der Waals surface area contributed by atoms with Gasteiger partial charge < -0.3 is 10.4 Å². The molecule has 1 amide bonds. The van der Waals surface area contributed by atoms with E-state index in [1.807, 2.05) is 6.92 Å². The molecule has 0 aliphatic carbocycles. The zero-order valence-corrected chi connectivity index (χ0v) is 12.6. The minimum Gasteiger partial charge on any atom is -0.393 e. The largest absolute Gasteiger partial charge is 0.393 e. The summed E-state index contributed by atoms with van der Waals surface area (Å²) in [5.74, 6) is -0.415. The van der Waals surface area contributed by atoms with Crippen molar-refractivity contribution < 1.29 is 18.3 Å². The van der Waals surface area contributed by atoms with Gasteiger partial charge in [0.2, 0.25) is 15.9 Å². The van der Waals surface area contributed by atoms with E-state index in [0.717, 1.165) is 0 Å². The summed E-state index contributed by atoms with van der Waals surface area (Å²) in [6, 6.07) is -0.110. The van der Waals surface area contributed by atoms with E-state index in [-0.39, 0.29) is 24.4 Å². The van der Waals surface area contributed by atoms with Crippen molar-refractivity contribution in [1.82, 2.24) is 9.62 Å². The number of rotatable bonds is 5. The molecule has 0 radical (unpaired) electrons. The Morgan fingerprint density at radius 2 is 2.11 bits per heavy atom. The second kappa shape index (κ2) is 6.67. The molecular weight excluding hydrogens is 268 g/mol. The van der Waals surface area contributed by atoms with Crippen molar-refractivity contribution in [3.63, 3.8) is 0 Å². The minimum absolute atomic E-state index is 0.110. The number of hydrogen-bond acceptors (Lipinski definition) is 4. The van der Waals surface area contributed by atoms with Crippen molar-refractivity contribution in [1.29, 1.82) is 0 Å². The third-order valence-electron chi connectivity index (χ3n) is 3.31. The third-order valence-corrected chi connectivity index (χ3v) is 4.58. The summed E-state index contributed by atoms with van der Waals surface area (Å²) < 4.78 is 24.3. The van der Waals surface area contributed by atoms with Gasteiger partial charge in [-0.25, -0.2) is 12.7 Å². The Balaban J connectivity index is 2.53. The predicted molar refractivity (Wildman–Crippen MR) is 73.0 cm³/mol. The van der Waals surface area contributed by atoms with E-state index >= 15 is 0 Å². The highest BCUT2D eigenvalue weighted by molar-refractivity contribution is 7.88. The van der Waals surface area contributed by atoms with Crippen molar-refractivity contribution in [3.05, 3.63) is 0 Å². The van der Waals surface area contributed by atoms with Crippen LogP contribution in [-0.2, 0) is 14.8 Å². The van der Waals surface area contributed by atoms with Crippen LogP contribution in [-0.4, -0.2) is 55.2 Å². The molecule has 0 aromatic carbocycles. The van der Waals surface area contributed by atoms with E-state index in [9.17, 15) is 18.3 Å². The van der Waals surface area contributed by atoms with Crippen LogP contribution in [0.3, 0.4) is 0 Å². The van der Waals surface area contributed by atoms with Gasteiger partial charge in [0.1, 0.15) is 0 Å². The average molecular weight is 292 g/mol. The summed E-state index contributed by atoms with van der Waals surface area (Å²) in [6.07, 6.45) is 2.61. The lowest BCUT2D eigenvalue weighted by Gasteiger charge is -2.31. The Bertz CT molecular complexity index is 408. The van der Waals surface area contributed by atoms with Crippen molar-refractivity contribution >= 4 is 15.9 Å². The van der Waals surface area contributed by atoms with Crippen molar-refractivity contribution in [2.75, 3.05) is 19.3 Å². The molecule has 3 unspecified atom stereocenters. The second-order valence-electron chi connectivity index (χ2n) is 5.45. The summed E-state index contributed by atoms with van der Waals surface area (Å²) in [5.41, 5.74) is 0. The van der Waals surface area contributed by atoms with E-state index < -0.39 is 16.1 Å². The fraction of sp³-hybridized carbons (Fsp3) is 0.917. The Morgan fingerprint density at radius 3 is 2.63 bits per heavy atom. The SMILES string of the molecule is CC(O)CC(C)NC(=O)C1CCCN(S(C)(=O)=O)C1. The molecular formula is C12H24N2O4S. The van der Waals surface area contributed by atoms with Crippen LogP contribution in [0.25, 0.3) is 0 Å². The van der Waals surface area contributed by atoms with Crippen LogP contribution < -0.4 is 5.32 Å². The number of nitrogens with one attached hydrogen (secondary N) is 1. The molecule has 112 valence electrons.